The van der Waals surface area contributed by atoms with Gasteiger partial charge in [0.15, 0.2) is 0 Å². The van der Waals surface area contributed by atoms with Crippen LogP contribution in [0.1, 0.15) is 5.56 Å². The van der Waals surface area contributed by atoms with E-state index in [1.807, 2.05) is 0 Å². The summed E-state index contributed by atoms with van der Waals surface area (Å²) in [6, 6.07) is 6.09. The molecule has 0 saturated carbocycles. The average molecular weight is 352 g/mol. The normalized spacial score (nSPS) is 11.0. The molecule has 0 unspecified atom stereocenters. The van der Waals surface area contributed by atoms with E-state index >= 15 is 0 Å². The van der Waals surface area contributed by atoms with Gasteiger partial charge in [-0.2, -0.15) is 5.10 Å². The average Bonchev–Trinajstić information content (AvgIpc) is 2.94. The molecule has 10 nitrogen and oxygen atoms in total. The van der Waals surface area contributed by atoms with Crippen LogP contribution in [0.2, 0.25) is 0 Å². The Balaban J connectivity index is 1.87. The number of hydrogen-bond acceptors (Lipinski definition) is 5. The molecular formula is C13H16N6O4S. The van der Waals surface area contributed by atoms with Crippen LogP contribution in [0.3, 0.4) is 0 Å². The maximum atomic E-state index is 11.8. The minimum absolute atomic E-state index is 0.142. The van der Waals surface area contributed by atoms with Crippen LogP contribution in [0.25, 0.3) is 0 Å². The monoisotopic (exact) mass is 352 g/mol. The van der Waals surface area contributed by atoms with E-state index in [9.17, 15) is 18.0 Å². The van der Waals surface area contributed by atoms with Crippen LogP contribution in [0.5, 0.6) is 0 Å². The second-order valence-electron chi connectivity index (χ2n) is 4.88. The number of amides is 3. The van der Waals surface area contributed by atoms with E-state index in [-0.39, 0.29) is 23.9 Å². The molecule has 0 radical (unpaired) electrons. The number of benzene rings is 1. The molecule has 0 aliphatic heterocycles. The van der Waals surface area contributed by atoms with Gasteiger partial charge in [-0.1, -0.05) is 12.1 Å². The molecule has 0 fully saturated rings. The summed E-state index contributed by atoms with van der Waals surface area (Å²) < 4.78 is 23.4. The van der Waals surface area contributed by atoms with Gasteiger partial charge in [0.1, 0.15) is 11.4 Å². The molecule has 0 atom stereocenters. The van der Waals surface area contributed by atoms with E-state index in [0.717, 1.165) is 11.8 Å². The van der Waals surface area contributed by atoms with Crippen LogP contribution in [-0.2, 0) is 27.9 Å². The minimum Gasteiger partial charge on any atom is -0.351 e. The molecule has 0 saturated heterocycles. The van der Waals surface area contributed by atoms with Crippen LogP contribution in [0.15, 0.2) is 41.6 Å². The molecule has 0 aliphatic carbocycles. The highest BCUT2D eigenvalue weighted by Crippen LogP contribution is 2.09. The first-order chi connectivity index (χ1) is 11.2. The lowest BCUT2D eigenvalue weighted by molar-refractivity contribution is -0.122. The molecule has 2 aromatic rings. The van der Waals surface area contributed by atoms with Gasteiger partial charge in [-0.15, -0.1) is 0 Å². The summed E-state index contributed by atoms with van der Waals surface area (Å²) in [5.74, 6) is -0.349. The van der Waals surface area contributed by atoms with E-state index in [0.29, 0.717) is 5.69 Å². The van der Waals surface area contributed by atoms with Crippen molar-refractivity contribution >= 4 is 27.6 Å². The zero-order chi connectivity index (χ0) is 17.7. The number of aromatic nitrogens is 2. The Labute approximate surface area is 137 Å². The van der Waals surface area contributed by atoms with Crippen LogP contribution in [0, 0.1) is 0 Å². The van der Waals surface area contributed by atoms with Gasteiger partial charge >= 0.3 is 6.03 Å². The van der Waals surface area contributed by atoms with Gasteiger partial charge in [-0.25, -0.2) is 18.4 Å². The molecule has 1 aromatic heterocycles. The number of nitrogens with zero attached hydrogens (tertiary/aromatic N) is 2. The Bertz CT molecular complexity index is 844. The Morgan fingerprint density at radius 3 is 2.42 bits per heavy atom. The molecule has 3 amide bonds. The first-order valence-electron chi connectivity index (χ1n) is 6.71. The van der Waals surface area contributed by atoms with Gasteiger partial charge in [0, 0.05) is 18.4 Å². The van der Waals surface area contributed by atoms with Crippen molar-refractivity contribution in [3.05, 3.63) is 42.2 Å². The number of carbonyl (C=O) groups is 2. The summed E-state index contributed by atoms with van der Waals surface area (Å²) in [4.78, 5) is 22.4. The maximum absolute atomic E-state index is 11.8. The largest absolute Gasteiger partial charge is 0.351 e. The van der Waals surface area contributed by atoms with Crippen molar-refractivity contribution in [1.29, 1.82) is 0 Å². The van der Waals surface area contributed by atoms with Gasteiger partial charge in [0.05, 0.1) is 6.20 Å². The molecule has 11 heteroatoms. The molecule has 1 heterocycles. The predicted molar refractivity (Wildman–Crippen MR) is 85.1 cm³/mol. The first-order valence-corrected chi connectivity index (χ1v) is 8.26. The molecule has 0 bridgehead atoms. The maximum Gasteiger partial charge on any atom is 0.316 e. The van der Waals surface area contributed by atoms with Gasteiger partial charge < -0.3 is 16.4 Å². The summed E-state index contributed by atoms with van der Waals surface area (Å²) in [6.45, 7) is 0.121. The molecule has 2 rings (SSSR count). The molecule has 24 heavy (non-hydrogen) atoms. The molecule has 6 N–H and O–H groups in total. The second kappa shape index (κ2) is 7.10. The number of carbonyl (C=O) groups excluding carboxylic acids is 2. The lowest BCUT2D eigenvalue weighted by atomic mass is 10.2. The Kier molecular flexibility index (Phi) is 5.16. The SMILES string of the molecule is NC(=O)Nc1ccc(CNC(=O)Cn2cc(S(N)(=O)=O)cn2)cc1. The summed E-state index contributed by atoms with van der Waals surface area (Å²) >= 11 is 0. The smallest absolute Gasteiger partial charge is 0.316 e. The van der Waals surface area contributed by atoms with Crippen molar-refractivity contribution in [1.82, 2.24) is 15.1 Å². The van der Waals surface area contributed by atoms with Gasteiger partial charge in [0.25, 0.3) is 0 Å². The minimum atomic E-state index is -3.84. The number of urea groups is 1. The summed E-state index contributed by atoms with van der Waals surface area (Å²) in [5, 5.41) is 13.8. The Hall–Kier alpha value is -2.92. The second-order valence-corrected chi connectivity index (χ2v) is 6.44. The zero-order valence-corrected chi connectivity index (χ0v) is 13.3. The van der Waals surface area contributed by atoms with Crippen molar-refractivity contribution in [3.8, 4) is 0 Å². The third kappa shape index (κ3) is 5.07. The van der Waals surface area contributed by atoms with Crippen LogP contribution < -0.4 is 21.5 Å². The highest BCUT2D eigenvalue weighted by Gasteiger charge is 2.12. The number of nitrogens with one attached hydrogen (secondary N) is 2. The zero-order valence-electron chi connectivity index (χ0n) is 12.5. The van der Waals surface area contributed by atoms with Crippen molar-refractivity contribution in [3.63, 3.8) is 0 Å². The highest BCUT2D eigenvalue weighted by molar-refractivity contribution is 7.89. The van der Waals surface area contributed by atoms with Gasteiger partial charge in [0.2, 0.25) is 15.9 Å². The lowest BCUT2D eigenvalue weighted by Gasteiger charge is -2.07. The Morgan fingerprint density at radius 1 is 1.21 bits per heavy atom. The standard InChI is InChI=1S/C13H16N6O4S/c14-13(21)18-10-3-1-9(2-4-10)5-16-12(20)8-19-7-11(6-17-19)24(15,22)23/h1-4,6-7H,5,8H2,(H,16,20)(H3,14,18,21)(H2,15,22,23). The molecule has 1 aromatic carbocycles. The van der Waals surface area contributed by atoms with Crippen LogP contribution >= 0.6 is 0 Å². The molecule has 0 aliphatic rings. The number of primary sulfonamides is 1. The van der Waals surface area contributed by atoms with E-state index < -0.39 is 16.1 Å². The number of nitrogens with two attached hydrogens (primary N) is 2. The lowest BCUT2D eigenvalue weighted by Crippen LogP contribution is -2.27. The van der Waals surface area contributed by atoms with E-state index in [1.165, 1.54) is 10.9 Å². The van der Waals surface area contributed by atoms with Crippen molar-refractivity contribution in [2.24, 2.45) is 10.9 Å². The fraction of sp³-hybridized carbons (Fsp3) is 0.154. The van der Waals surface area contributed by atoms with Gasteiger partial charge in [-0.05, 0) is 17.7 Å². The van der Waals surface area contributed by atoms with E-state index in [4.69, 9.17) is 10.9 Å². The number of sulfonamides is 1. The van der Waals surface area contributed by atoms with Gasteiger partial charge in [-0.3, -0.25) is 9.48 Å². The third-order valence-electron chi connectivity index (χ3n) is 2.95. The fourth-order valence-corrected chi connectivity index (χ4v) is 2.29. The first kappa shape index (κ1) is 17.4. The molecule has 128 valence electrons. The Morgan fingerprint density at radius 2 is 1.88 bits per heavy atom. The van der Waals surface area contributed by atoms with Crippen molar-refractivity contribution < 1.29 is 18.0 Å². The van der Waals surface area contributed by atoms with Crippen LogP contribution in [-0.4, -0.2) is 30.1 Å². The quantitative estimate of drug-likeness (QED) is 0.541. The fourth-order valence-electron chi connectivity index (χ4n) is 1.83. The highest BCUT2D eigenvalue weighted by atomic mass is 32.2. The van der Waals surface area contributed by atoms with Crippen LogP contribution in [0.4, 0.5) is 10.5 Å². The molecule has 0 spiro atoms. The van der Waals surface area contributed by atoms with Crippen molar-refractivity contribution in [2.75, 3.05) is 5.32 Å². The predicted octanol–water partition coefficient (Wildman–Crippen LogP) is -0.662. The summed E-state index contributed by atoms with van der Waals surface area (Å²) in [5.41, 5.74) is 6.36. The summed E-state index contributed by atoms with van der Waals surface area (Å²) in [6.07, 6.45) is 2.26. The number of hydrogen-bond donors (Lipinski definition) is 4. The summed E-state index contributed by atoms with van der Waals surface area (Å²) in [7, 11) is -3.84. The van der Waals surface area contributed by atoms with E-state index in [1.54, 1.807) is 24.3 Å². The number of rotatable bonds is 6. The number of anilines is 1. The number of primary amides is 1. The topological polar surface area (TPSA) is 162 Å². The van der Waals surface area contributed by atoms with Crippen molar-refractivity contribution in [2.45, 2.75) is 18.0 Å². The van der Waals surface area contributed by atoms with E-state index in [2.05, 4.69) is 15.7 Å². The third-order valence-corrected chi connectivity index (χ3v) is 3.82. The molecular weight excluding hydrogens is 336 g/mol.